The van der Waals surface area contributed by atoms with Crippen LogP contribution >= 0.6 is 0 Å². The predicted octanol–water partition coefficient (Wildman–Crippen LogP) is 2.33. The number of aliphatic carboxylic acids is 1. The minimum Gasteiger partial charge on any atom is -0.480 e. The zero-order valence-electron chi connectivity index (χ0n) is 10.7. The van der Waals surface area contributed by atoms with Gasteiger partial charge in [-0.15, -0.1) is 0 Å². The SMILES string of the molecule is CC(C)(C)c1ccc(CC[C@H](N)C(=O)O)cc1. The summed E-state index contributed by atoms with van der Waals surface area (Å²) in [6.45, 7) is 6.51. The summed E-state index contributed by atoms with van der Waals surface area (Å²) >= 11 is 0. The van der Waals surface area contributed by atoms with Crippen LogP contribution in [0, 0.1) is 0 Å². The molecule has 0 spiro atoms. The number of carbonyl (C=O) groups is 1. The summed E-state index contributed by atoms with van der Waals surface area (Å²) in [6.07, 6.45) is 1.18. The van der Waals surface area contributed by atoms with E-state index < -0.39 is 12.0 Å². The third kappa shape index (κ3) is 4.19. The van der Waals surface area contributed by atoms with Gasteiger partial charge in [0, 0.05) is 0 Å². The smallest absolute Gasteiger partial charge is 0.320 e. The molecular weight excluding hydrogens is 214 g/mol. The maximum atomic E-state index is 10.6. The Labute approximate surface area is 103 Å². The molecule has 3 N–H and O–H groups in total. The van der Waals surface area contributed by atoms with Gasteiger partial charge in [-0.05, 0) is 29.4 Å². The lowest BCUT2D eigenvalue weighted by Crippen LogP contribution is -2.30. The number of nitrogens with two attached hydrogens (primary N) is 1. The van der Waals surface area contributed by atoms with Crippen molar-refractivity contribution in [3.8, 4) is 0 Å². The van der Waals surface area contributed by atoms with Crippen molar-refractivity contribution in [2.24, 2.45) is 5.73 Å². The molecule has 0 bridgehead atoms. The average Bonchev–Trinajstić information content (AvgIpc) is 2.25. The van der Waals surface area contributed by atoms with Crippen LogP contribution in [0.15, 0.2) is 24.3 Å². The number of carboxylic acids is 1. The molecule has 0 radical (unpaired) electrons. The Bertz CT molecular complexity index is 376. The number of hydrogen-bond acceptors (Lipinski definition) is 2. The van der Waals surface area contributed by atoms with E-state index in [4.69, 9.17) is 10.8 Å². The first kappa shape index (κ1) is 13.7. The van der Waals surface area contributed by atoms with E-state index in [1.165, 1.54) is 5.56 Å². The van der Waals surface area contributed by atoms with Crippen molar-refractivity contribution < 1.29 is 9.90 Å². The van der Waals surface area contributed by atoms with Crippen LogP contribution in [0.4, 0.5) is 0 Å². The van der Waals surface area contributed by atoms with Crippen molar-refractivity contribution in [1.82, 2.24) is 0 Å². The zero-order valence-corrected chi connectivity index (χ0v) is 10.7. The van der Waals surface area contributed by atoms with Crippen molar-refractivity contribution in [2.75, 3.05) is 0 Å². The van der Waals surface area contributed by atoms with Gasteiger partial charge in [0.25, 0.3) is 0 Å². The molecule has 3 heteroatoms. The summed E-state index contributed by atoms with van der Waals surface area (Å²) in [5.41, 5.74) is 8.03. The van der Waals surface area contributed by atoms with Crippen LogP contribution < -0.4 is 5.73 Å². The monoisotopic (exact) mass is 235 g/mol. The Morgan fingerprint density at radius 1 is 1.29 bits per heavy atom. The number of carboxylic acid groups (broad SMARTS) is 1. The van der Waals surface area contributed by atoms with Gasteiger partial charge in [-0.3, -0.25) is 4.79 Å². The first-order chi connectivity index (χ1) is 7.80. The van der Waals surface area contributed by atoms with Gasteiger partial charge in [0.2, 0.25) is 0 Å². The second-order valence-electron chi connectivity index (χ2n) is 5.43. The number of rotatable bonds is 4. The topological polar surface area (TPSA) is 63.3 Å². The van der Waals surface area contributed by atoms with Crippen molar-refractivity contribution in [2.45, 2.75) is 45.1 Å². The van der Waals surface area contributed by atoms with Crippen LogP contribution in [-0.2, 0) is 16.6 Å². The van der Waals surface area contributed by atoms with Crippen LogP contribution in [0.3, 0.4) is 0 Å². The van der Waals surface area contributed by atoms with Gasteiger partial charge in [0.1, 0.15) is 6.04 Å². The number of hydrogen-bond donors (Lipinski definition) is 2. The third-order valence-corrected chi connectivity index (χ3v) is 2.88. The van der Waals surface area contributed by atoms with E-state index in [9.17, 15) is 4.79 Å². The Morgan fingerprint density at radius 3 is 2.24 bits per heavy atom. The van der Waals surface area contributed by atoms with Crippen molar-refractivity contribution in [3.63, 3.8) is 0 Å². The van der Waals surface area contributed by atoms with Gasteiger partial charge >= 0.3 is 5.97 Å². The first-order valence-corrected chi connectivity index (χ1v) is 5.88. The van der Waals surface area contributed by atoms with Gasteiger partial charge < -0.3 is 10.8 Å². The van der Waals surface area contributed by atoms with E-state index in [1.54, 1.807) is 0 Å². The van der Waals surface area contributed by atoms with Gasteiger partial charge in [-0.25, -0.2) is 0 Å². The van der Waals surface area contributed by atoms with Crippen LogP contribution in [0.1, 0.15) is 38.3 Å². The Hall–Kier alpha value is -1.35. The van der Waals surface area contributed by atoms with Crippen LogP contribution in [0.2, 0.25) is 0 Å². The van der Waals surface area contributed by atoms with E-state index in [1.807, 2.05) is 0 Å². The molecule has 1 rings (SSSR count). The fourth-order valence-electron chi connectivity index (χ4n) is 1.62. The lowest BCUT2D eigenvalue weighted by molar-refractivity contribution is -0.138. The average molecular weight is 235 g/mol. The van der Waals surface area contributed by atoms with Crippen LogP contribution in [0.25, 0.3) is 0 Å². The molecule has 0 saturated carbocycles. The lowest BCUT2D eigenvalue weighted by atomic mass is 9.86. The molecule has 3 nitrogen and oxygen atoms in total. The highest BCUT2D eigenvalue weighted by Gasteiger charge is 2.14. The quantitative estimate of drug-likeness (QED) is 0.842. The lowest BCUT2D eigenvalue weighted by Gasteiger charge is -2.19. The summed E-state index contributed by atoms with van der Waals surface area (Å²) in [6, 6.07) is 7.53. The van der Waals surface area contributed by atoms with Crippen molar-refractivity contribution in [3.05, 3.63) is 35.4 Å². The first-order valence-electron chi connectivity index (χ1n) is 5.88. The largest absolute Gasteiger partial charge is 0.480 e. The summed E-state index contributed by atoms with van der Waals surface area (Å²) in [5.74, 6) is -0.934. The summed E-state index contributed by atoms with van der Waals surface area (Å²) in [4.78, 5) is 10.6. The van der Waals surface area contributed by atoms with E-state index >= 15 is 0 Å². The third-order valence-electron chi connectivity index (χ3n) is 2.88. The maximum absolute atomic E-state index is 10.6. The molecule has 1 atom stereocenters. The van der Waals surface area contributed by atoms with Gasteiger partial charge in [-0.2, -0.15) is 0 Å². The molecule has 0 heterocycles. The second-order valence-corrected chi connectivity index (χ2v) is 5.43. The van der Waals surface area contributed by atoms with E-state index in [0.29, 0.717) is 12.8 Å². The van der Waals surface area contributed by atoms with Gasteiger partial charge in [0.15, 0.2) is 0 Å². The molecule has 0 unspecified atom stereocenters. The van der Waals surface area contributed by atoms with Crippen molar-refractivity contribution in [1.29, 1.82) is 0 Å². The molecule has 0 saturated heterocycles. The predicted molar refractivity (Wildman–Crippen MR) is 69.1 cm³/mol. The Morgan fingerprint density at radius 2 is 1.82 bits per heavy atom. The molecule has 0 aromatic heterocycles. The van der Waals surface area contributed by atoms with E-state index in [0.717, 1.165) is 5.56 Å². The Balaban J connectivity index is 2.60. The molecule has 17 heavy (non-hydrogen) atoms. The highest BCUT2D eigenvalue weighted by Crippen LogP contribution is 2.22. The molecule has 1 aromatic rings. The minimum absolute atomic E-state index is 0.149. The Kier molecular flexibility index (Phi) is 4.29. The van der Waals surface area contributed by atoms with E-state index in [2.05, 4.69) is 45.0 Å². The van der Waals surface area contributed by atoms with Crippen LogP contribution in [0.5, 0.6) is 0 Å². The molecule has 0 amide bonds. The highest BCUT2D eigenvalue weighted by molar-refractivity contribution is 5.73. The maximum Gasteiger partial charge on any atom is 0.320 e. The molecular formula is C14H21NO2. The molecule has 1 aromatic carbocycles. The summed E-state index contributed by atoms with van der Waals surface area (Å²) in [7, 11) is 0. The molecule has 0 aliphatic rings. The molecule has 0 aliphatic carbocycles. The highest BCUT2D eigenvalue weighted by atomic mass is 16.4. The molecule has 94 valence electrons. The summed E-state index contributed by atoms with van der Waals surface area (Å²) in [5, 5.41) is 8.69. The van der Waals surface area contributed by atoms with E-state index in [-0.39, 0.29) is 5.41 Å². The fourth-order valence-corrected chi connectivity index (χ4v) is 1.62. The number of aryl methyl sites for hydroxylation is 1. The standard InChI is InChI=1S/C14H21NO2/c1-14(2,3)11-7-4-10(5-8-11)6-9-12(15)13(16)17/h4-5,7-8,12H,6,9,15H2,1-3H3,(H,16,17)/t12-/m0/s1. The molecule has 0 aliphatic heterocycles. The second kappa shape index (κ2) is 5.32. The van der Waals surface area contributed by atoms with Crippen molar-refractivity contribution >= 4 is 5.97 Å². The minimum atomic E-state index is -0.934. The zero-order chi connectivity index (χ0) is 13.1. The normalized spacial score (nSPS) is 13.4. The van der Waals surface area contributed by atoms with Gasteiger partial charge in [-0.1, -0.05) is 45.0 Å². The van der Waals surface area contributed by atoms with Gasteiger partial charge in [0.05, 0.1) is 0 Å². The fraction of sp³-hybridized carbons (Fsp3) is 0.500. The number of benzene rings is 1. The molecule has 0 fully saturated rings. The summed E-state index contributed by atoms with van der Waals surface area (Å²) < 4.78 is 0. The van der Waals surface area contributed by atoms with Crippen LogP contribution in [-0.4, -0.2) is 17.1 Å².